The van der Waals surface area contributed by atoms with Gasteiger partial charge in [0.1, 0.15) is 11.2 Å². The molecular formula is C19H13ClFNO2. The van der Waals surface area contributed by atoms with Crippen LogP contribution in [-0.2, 0) is 15.0 Å². The molecule has 0 saturated carbocycles. The van der Waals surface area contributed by atoms with Gasteiger partial charge in [0.05, 0.1) is 0 Å². The van der Waals surface area contributed by atoms with E-state index in [1.165, 1.54) is 18.2 Å². The minimum atomic E-state index is -1.03. The maximum atomic E-state index is 13.7. The lowest BCUT2D eigenvalue weighted by molar-refractivity contribution is -0.121. The number of rotatable bonds is 1. The monoisotopic (exact) mass is 341 g/mol. The van der Waals surface area contributed by atoms with Crippen molar-refractivity contribution >= 4 is 29.0 Å². The predicted molar refractivity (Wildman–Crippen MR) is 89.7 cm³/mol. The van der Waals surface area contributed by atoms with Gasteiger partial charge in [-0.25, -0.2) is 4.39 Å². The Morgan fingerprint density at radius 3 is 2.79 bits per heavy atom. The van der Waals surface area contributed by atoms with E-state index in [4.69, 9.17) is 11.6 Å². The smallest absolute Gasteiger partial charge is 0.239 e. The van der Waals surface area contributed by atoms with Crippen LogP contribution in [0.25, 0.3) is 0 Å². The molecule has 1 amide bonds. The Morgan fingerprint density at radius 2 is 2.00 bits per heavy atom. The Hall–Kier alpha value is -2.46. The molecule has 0 bridgehead atoms. The van der Waals surface area contributed by atoms with Crippen LogP contribution in [0, 0.1) is 5.82 Å². The lowest BCUT2D eigenvalue weighted by atomic mass is 9.64. The number of amides is 1. The normalized spacial score (nSPS) is 25.0. The van der Waals surface area contributed by atoms with E-state index >= 15 is 0 Å². The zero-order valence-corrected chi connectivity index (χ0v) is 13.3. The first-order valence-corrected chi connectivity index (χ1v) is 7.97. The Labute approximate surface area is 143 Å². The van der Waals surface area contributed by atoms with Gasteiger partial charge in [-0.05, 0) is 41.5 Å². The first-order chi connectivity index (χ1) is 11.5. The zero-order valence-electron chi connectivity index (χ0n) is 12.6. The summed E-state index contributed by atoms with van der Waals surface area (Å²) in [6.07, 6.45) is 3.23. The number of allylic oxidation sites excluding steroid dienone is 1. The molecule has 2 atom stereocenters. The van der Waals surface area contributed by atoms with E-state index in [2.05, 4.69) is 5.32 Å². The van der Waals surface area contributed by atoms with Gasteiger partial charge in [-0.2, -0.15) is 0 Å². The van der Waals surface area contributed by atoms with Crippen molar-refractivity contribution in [1.82, 2.24) is 0 Å². The summed E-state index contributed by atoms with van der Waals surface area (Å²) in [4.78, 5) is 24.9. The van der Waals surface area contributed by atoms with E-state index in [-0.39, 0.29) is 23.9 Å². The van der Waals surface area contributed by atoms with Crippen LogP contribution in [0.3, 0.4) is 0 Å². The summed E-state index contributed by atoms with van der Waals surface area (Å²) in [6.45, 7) is 0. The Morgan fingerprint density at radius 1 is 1.17 bits per heavy atom. The second-order valence-electron chi connectivity index (χ2n) is 6.12. The molecule has 4 rings (SSSR count). The van der Waals surface area contributed by atoms with Crippen LogP contribution in [-0.4, -0.2) is 11.7 Å². The zero-order chi connectivity index (χ0) is 16.9. The van der Waals surface area contributed by atoms with Crippen molar-refractivity contribution in [3.05, 3.63) is 76.6 Å². The summed E-state index contributed by atoms with van der Waals surface area (Å²) in [6, 6.07) is 11.3. The third-order valence-electron chi connectivity index (χ3n) is 4.79. The third kappa shape index (κ3) is 2.10. The van der Waals surface area contributed by atoms with Crippen LogP contribution in [0.5, 0.6) is 0 Å². The number of hydrogen-bond donors (Lipinski definition) is 1. The fraction of sp³-hybridized carbons (Fsp3) is 0.158. The van der Waals surface area contributed by atoms with Crippen molar-refractivity contribution in [2.24, 2.45) is 0 Å². The van der Waals surface area contributed by atoms with Gasteiger partial charge >= 0.3 is 0 Å². The Kier molecular flexibility index (Phi) is 3.32. The lowest BCUT2D eigenvalue weighted by Gasteiger charge is -2.36. The standard InChI is InChI=1S/C19H13ClFNO2/c20-12-4-5-15-17(9-12)22-18(24)19(15)7-6-14(23)10-16(19)11-2-1-3-13(21)8-11/h1-9,16H,10H2,(H,22,24)/t16-,19+/m1/s1. The molecule has 0 saturated heterocycles. The van der Waals surface area contributed by atoms with Gasteiger partial charge in [-0.1, -0.05) is 35.9 Å². The van der Waals surface area contributed by atoms with Crippen molar-refractivity contribution in [3.8, 4) is 0 Å². The maximum absolute atomic E-state index is 13.7. The SMILES string of the molecule is O=C1C=C[C@@]2(C(=O)Nc3cc(Cl)ccc32)[C@@H](c2cccc(F)c2)C1. The molecule has 2 aromatic carbocycles. The van der Waals surface area contributed by atoms with E-state index < -0.39 is 11.3 Å². The van der Waals surface area contributed by atoms with Gasteiger partial charge in [0.25, 0.3) is 0 Å². The van der Waals surface area contributed by atoms with Gasteiger partial charge in [-0.3, -0.25) is 9.59 Å². The van der Waals surface area contributed by atoms with Crippen LogP contribution in [0.4, 0.5) is 10.1 Å². The molecule has 120 valence electrons. The molecule has 2 aliphatic rings. The van der Waals surface area contributed by atoms with Crippen molar-refractivity contribution in [2.45, 2.75) is 17.8 Å². The number of ketones is 1. The highest BCUT2D eigenvalue weighted by molar-refractivity contribution is 6.31. The van der Waals surface area contributed by atoms with Gasteiger partial charge in [0.15, 0.2) is 5.78 Å². The summed E-state index contributed by atoms with van der Waals surface area (Å²) in [7, 11) is 0. The average Bonchev–Trinajstić information content (AvgIpc) is 2.81. The number of hydrogen-bond acceptors (Lipinski definition) is 2. The number of halogens is 2. The minimum absolute atomic E-state index is 0.0786. The molecule has 0 aromatic heterocycles. The Bertz CT molecular complexity index is 908. The number of fused-ring (bicyclic) bond motifs is 2. The van der Waals surface area contributed by atoms with Crippen molar-refractivity contribution in [3.63, 3.8) is 0 Å². The fourth-order valence-corrected chi connectivity index (χ4v) is 3.89. The molecule has 0 unspecified atom stereocenters. The van der Waals surface area contributed by atoms with Gasteiger partial charge in [0, 0.05) is 23.0 Å². The highest BCUT2D eigenvalue weighted by Gasteiger charge is 2.53. The van der Waals surface area contributed by atoms with Crippen LogP contribution in [0.2, 0.25) is 5.02 Å². The maximum Gasteiger partial charge on any atom is 0.239 e. The molecule has 5 heteroatoms. The summed E-state index contributed by atoms with van der Waals surface area (Å²) in [5.41, 5.74) is 0.996. The molecule has 1 spiro atoms. The van der Waals surface area contributed by atoms with E-state index in [9.17, 15) is 14.0 Å². The summed E-state index contributed by atoms with van der Waals surface area (Å²) >= 11 is 6.02. The molecule has 1 aliphatic carbocycles. The predicted octanol–water partition coefficient (Wildman–Crippen LogP) is 3.98. The van der Waals surface area contributed by atoms with Gasteiger partial charge < -0.3 is 5.32 Å². The number of nitrogens with one attached hydrogen (secondary N) is 1. The summed E-state index contributed by atoms with van der Waals surface area (Å²) in [5.74, 6) is -1.16. The van der Waals surface area contributed by atoms with Crippen LogP contribution in [0.1, 0.15) is 23.5 Å². The number of carbonyl (C=O) groups excluding carboxylic acids is 2. The number of anilines is 1. The molecule has 0 fully saturated rings. The second kappa shape index (κ2) is 5.28. The molecule has 1 aliphatic heterocycles. The highest BCUT2D eigenvalue weighted by Crippen LogP contribution is 2.52. The number of carbonyl (C=O) groups is 2. The van der Waals surface area contributed by atoms with Gasteiger partial charge in [0.2, 0.25) is 5.91 Å². The molecular weight excluding hydrogens is 329 g/mol. The first-order valence-electron chi connectivity index (χ1n) is 7.60. The van der Waals surface area contributed by atoms with E-state index in [0.29, 0.717) is 16.3 Å². The van der Waals surface area contributed by atoms with Crippen LogP contribution < -0.4 is 5.32 Å². The van der Waals surface area contributed by atoms with Crippen molar-refractivity contribution in [2.75, 3.05) is 5.32 Å². The molecule has 1 heterocycles. The van der Waals surface area contributed by atoms with Crippen LogP contribution >= 0.6 is 11.6 Å². The molecule has 1 N–H and O–H groups in total. The number of benzene rings is 2. The Balaban J connectivity index is 1.95. The van der Waals surface area contributed by atoms with Gasteiger partial charge in [-0.15, -0.1) is 0 Å². The molecule has 2 aromatic rings. The third-order valence-corrected chi connectivity index (χ3v) is 5.02. The average molecular weight is 342 g/mol. The first kappa shape index (κ1) is 15.1. The van der Waals surface area contributed by atoms with E-state index in [0.717, 1.165) is 5.56 Å². The van der Waals surface area contributed by atoms with E-state index in [1.807, 2.05) is 0 Å². The largest absolute Gasteiger partial charge is 0.325 e. The topological polar surface area (TPSA) is 46.2 Å². The summed E-state index contributed by atoms with van der Waals surface area (Å²) < 4.78 is 13.7. The molecule has 24 heavy (non-hydrogen) atoms. The second-order valence-corrected chi connectivity index (χ2v) is 6.56. The molecule has 0 radical (unpaired) electrons. The van der Waals surface area contributed by atoms with E-state index in [1.54, 1.807) is 36.4 Å². The minimum Gasteiger partial charge on any atom is -0.325 e. The highest BCUT2D eigenvalue weighted by atomic mass is 35.5. The summed E-state index contributed by atoms with van der Waals surface area (Å²) in [5, 5.41) is 3.37. The van der Waals surface area contributed by atoms with Crippen LogP contribution in [0.15, 0.2) is 54.6 Å². The lowest BCUT2D eigenvalue weighted by Crippen LogP contribution is -2.42. The fourth-order valence-electron chi connectivity index (χ4n) is 3.71. The van der Waals surface area contributed by atoms with Crippen molar-refractivity contribution < 1.29 is 14.0 Å². The quantitative estimate of drug-likeness (QED) is 0.852. The van der Waals surface area contributed by atoms with Crippen molar-refractivity contribution in [1.29, 1.82) is 0 Å². The molecule has 3 nitrogen and oxygen atoms in total.